The maximum absolute atomic E-state index is 12.6. The molecule has 0 saturated carbocycles. The highest BCUT2D eigenvalue weighted by Gasteiger charge is 2.32. The summed E-state index contributed by atoms with van der Waals surface area (Å²) in [6.45, 7) is 0. The molecule has 0 heterocycles. The van der Waals surface area contributed by atoms with Gasteiger partial charge in [-0.25, -0.2) is 0 Å². The lowest BCUT2D eigenvalue weighted by atomic mass is 9.82. The van der Waals surface area contributed by atoms with E-state index in [0.29, 0.717) is 0 Å². The lowest BCUT2D eigenvalue weighted by molar-refractivity contribution is -0.138. The Bertz CT molecular complexity index is 538. The van der Waals surface area contributed by atoms with E-state index in [9.17, 15) is 22.8 Å². The number of alkyl halides is 3. The first-order chi connectivity index (χ1) is 10.5. The van der Waals surface area contributed by atoms with E-state index in [4.69, 9.17) is 21.7 Å². The number of hydrogen-bond donors (Lipinski definition) is 4. The van der Waals surface area contributed by atoms with Crippen LogP contribution in [0.15, 0.2) is 24.3 Å². The summed E-state index contributed by atoms with van der Waals surface area (Å²) >= 11 is 0. The standard InChI is InChI=1S/C14H17F3N2O4/c15-14(16,17)8-3-1-7(2-4-8)13(9(18)5-11(20)21)10(19)6-12(22)23/h1-4,9-10,13H,5-6,18-19H2,(H,20,21)(H,22,23). The Morgan fingerprint density at radius 1 is 0.957 bits per heavy atom. The lowest BCUT2D eigenvalue weighted by Gasteiger charge is -2.28. The van der Waals surface area contributed by atoms with Crippen molar-refractivity contribution in [3.63, 3.8) is 0 Å². The third-order valence-corrected chi connectivity index (χ3v) is 3.37. The van der Waals surface area contributed by atoms with Gasteiger partial charge in [0.25, 0.3) is 0 Å². The van der Waals surface area contributed by atoms with Crippen molar-refractivity contribution < 1.29 is 33.0 Å². The smallest absolute Gasteiger partial charge is 0.416 e. The number of nitrogens with two attached hydrogens (primary N) is 2. The maximum Gasteiger partial charge on any atom is 0.416 e. The van der Waals surface area contributed by atoms with E-state index in [0.717, 1.165) is 24.3 Å². The van der Waals surface area contributed by atoms with E-state index < -0.39 is 54.5 Å². The van der Waals surface area contributed by atoms with Crippen LogP contribution in [0.5, 0.6) is 0 Å². The van der Waals surface area contributed by atoms with Crippen LogP contribution in [-0.4, -0.2) is 34.2 Å². The molecule has 6 N–H and O–H groups in total. The van der Waals surface area contributed by atoms with E-state index in [1.165, 1.54) is 0 Å². The van der Waals surface area contributed by atoms with Gasteiger partial charge < -0.3 is 21.7 Å². The first-order valence-electron chi connectivity index (χ1n) is 6.64. The number of halogens is 3. The van der Waals surface area contributed by atoms with Crippen LogP contribution in [0.3, 0.4) is 0 Å². The molecule has 2 atom stereocenters. The average molecular weight is 334 g/mol. The van der Waals surface area contributed by atoms with Crippen molar-refractivity contribution in [2.24, 2.45) is 11.5 Å². The summed E-state index contributed by atoms with van der Waals surface area (Å²) in [6, 6.07) is 1.86. The predicted molar refractivity (Wildman–Crippen MR) is 74.6 cm³/mol. The molecule has 1 aromatic rings. The summed E-state index contributed by atoms with van der Waals surface area (Å²) in [5.41, 5.74) is 10.9. The largest absolute Gasteiger partial charge is 0.481 e. The second-order valence-electron chi connectivity index (χ2n) is 5.17. The highest BCUT2D eigenvalue weighted by Crippen LogP contribution is 2.32. The van der Waals surface area contributed by atoms with Gasteiger partial charge in [-0.3, -0.25) is 9.59 Å². The zero-order valence-electron chi connectivity index (χ0n) is 12.0. The molecule has 1 aromatic carbocycles. The third-order valence-electron chi connectivity index (χ3n) is 3.37. The molecule has 0 radical (unpaired) electrons. The van der Waals surface area contributed by atoms with Gasteiger partial charge in [0, 0.05) is 18.0 Å². The number of aliphatic carboxylic acids is 2. The van der Waals surface area contributed by atoms with Crippen molar-refractivity contribution >= 4 is 11.9 Å². The Morgan fingerprint density at radius 3 is 1.65 bits per heavy atom. The highest BCUT2D eigenvalue weighted by molar-refractivity contribution is 5.69. The van der Waals surface area contributed by atoms with Gasteiger partial charge in [-0.15, -0.1) is 0 Å². The molecule has 128 valence electrons. The summed E-state index contributed by atoms with van der Waals surface area (Å²) in [5.74, 6) is -3.32. The molecule has 23 heavy (non-hydrogen) atoms. The second kappa shape index (κ2) is 7.42. The van der Waals surface area contributed by atoms with Crippen LogP contribution < -0.4 is 11.5 Å². The van der Waals surface area contributed by atoms with Crippen molar-refractivity contribution in [3.05, 3.63) is 35.4 Å². The number of hydrogen-bond acceptors (Lipinski definition) is 4. The Balaban J connectivity index is 3.12. The van der Waals surface area contributed by atoms with E-state index in [-0.39, 0.29) is 5.56 Å². The van der Waals surface area contributed by atoms with Crippen LogP contribution in [-0.2, 0) is 15.8 Å². The van der Waals surface area contributed by atoms with E-state index in [2.05, 4.69) is 0 Å². The minimum absolute atomic E-state index is 0.264. The van der Waals surface area contributed by atoms with Crippen molar-refractivity contribution in [2.75, 3.05) is 0 Å². The quantitative estimate of drug-likeness (QED) is 0.597. The summed E-state index contributed by atoms with van der Waals surface area (Å²) < 4.78 is 37.7. The number of carbonyl (C=O) groups is 2. The van der Waals surface area contributed by atoms with Gasteiger partial charge in [0.05, 0.1) is 18.4 Å². The Hall–Kier alpha value is -2.13. The first kappa shape index (κ1) is 18.9. The molecule has 0 fully saturated rings. The lowest BCUT2D eigenvalue weighted by Crippen LogP contribution is -2.43. The maximum atomic E-state index is 12.6. The molecule has 2 unspecified atom stereocenters. The average Bonchev–Trinajstić information content (AvgIpc) is 2.36. The fourth-order valence-corrected chi connectivity index (χ4v) is 2.36. The molecule has 0 aliphatic carbocycles. The third kappa shape index (κ3) is 5.53. The Labute approximate surface area is 129 Å². The summed E-state index contributed by atoms with van der Waals surface area (Å²) in [4.78, 5) is 21.6. The number of rotatable bonds is 7. The molecule has 0 aromatic heterocycles. The van der Waals surface area contributed by atoms with Crippen molar-refractivity contribution in [1.82, 2.24) is 0 Å². The second-order valence-corrected chi connectivity index (χ2v) is 5.17. The molecule has 0 aliphatic heterocycles. The van der Waals surface area contributed by atoms with Crippen molar-refractivity contribution in [2.45, 2.75) is 37.0 Å². The molecule has 9 heteroatoms. The van der Waals surface area contributed by atoms with Crippen molar-refractivity contribution in [3.8, 4) is 0 Å². The highest BCUT2D eigenvalue weighted by atomic mass is 19.4. The fraction of sp³-hybridized carbons (Fsp3) is 0.429. The van der Waals surface area contributed by atoms with E-state index >= 15 is 0 Å². The number of carboxylic acid groups (broad SMARTS) is 2. The molecule has 1 rings (SSSR count). The van der Waals surface area contributed by atoms with Gasteiger partial charge in [-0.2, -0.15) is 13.2 Å². The van der Waals surface area contributed by atoms with Crippen LogP contribution >= 0.6 is 0 Å². The van der Waals surface area contributed by atoms with Crippen LogP contribution in [0.25, 0.3) is 0 Å². The summed E-state index contributed by atoms with van der Waals surface area (Å²) in [6.07, 6.45) is -5.49. The van der Waals surface area contributed by atoms with Gasteiger partial charge in [0.1, 0.15) is 0 Å². The molecule has 0 amide bonds. The van der Waals surface area contributed by atoms with Gasteiger partial charge in [-0.1, -0.05) is 12.1 Å². The zero-order chi connectivity index (χ0) is 17.8. The molecule has 0 bridgehead atoms. The molecule has 0 spiro atoms. The number of carboxylic acids is 2. The topological polar surface area (TPSA) is 127 Å². The SMILES string of the molecule is NC(CC(=O)O)C(c1ccc(C(F)(F)F)cc1)C(N)CC(=O)O. The predicted octanol–water partition coefficient (Wildman–Crippen LogP) is 1.39. The first-order valence-corrected chi connectivity index (χ1v) is 6.64. The van der Waals surface area contributed by atoms with Crippen molar-refractivity contribution in [1.29, 1.82) is 0 Å². The summed E-state index contributed by atoms with van der Waals surface area (Å²) in [7, 11) is 0. The Morgan fingerprint density at radius 2 is 1.35 bits per heavy atom. The zero-order valence-corrected chi connectivity index (χ0v) is 12.0. The van der Waals surface area contributed by atoms with Gasteiger partial charge >= 0.3 is 18.1 Å². The van der Waals surface area contributed by atoms with E-state index in [1.54, 1.807) is 0 Å². The molecule has 6 nitrogen and oxygen atoms in total. The van der Waals surface area contributed by atoms with Gasteiger partial charge in [0.2, 0.25) is 0 Å². The van der Waals surface area contributed by atoms with Crippen LogP contribution in [0.2, 0.25) is 0 Å². The molecular formula is C14H17F3N2O4. The van der Waals surface area contributed by atoms with Gasteiger partial charge in [0.15, 0.2) is 0 Å². The normalized spacial score (nSPS) is 15.7. The number of benzene rings is 1. The molecule has 0 saturated heterocycles. The minimum Gasteiger partial charge on any atom is -0.481 e. The van der Waals surface area contributed by atoms with Crippen LogP contribution in [0, 0.1) is 0 Å². The van der Waals surface area contributed by atoms with Crippen LogP contribution in [0.1, 0.15) is 29.9 Å². The molecule has 0 aliphatic rings. The molecular weight excluding hydrogens is 317 g/mol. The van der Waals surface area contributed by atoms with Crippen LogP contribution in [0.4, 0.5) is 13.2 Å². The fourth-order valence-electron chi connectivity index (χ4n) is 2.36. The Kier molecular flexibility index (Phi) is 6.11. The van der Waals surface area contributed by atoms with E-state index in [1.807, 2.05) is 0 Å². The van der Waals surface area contributed by atoms with Gasteiger partial charge in [-0.05, 0) is 17.7 Å². The monoisotopic (exact) mass is 334 g/mol. The minimum atomic E-state index is -4.51. The summed E-state index contributed by atoms with van der Waals surface area (Å²) in [5, 5.41) is 17.6.